The summed E-state index contributed by atoms with van der Waals surface area (Å²) >= 11 is 0. The Kier molecular flexibility index (Phi) is 8.63. The molecule has 2 aliphatic carbocycles. The van der Waals surface area contributed by atoms with Gasteiger partial charge in [-0.3, -0.25) is 0 Å². The molecular formula is C19H37N3O9. The van der Waals surface area contributed by atoms with Crippen LogP contribution in [0.5, 0.6) is 0 Å². The third kappa shape index (κ3) is 5.37. The first kappa shape index (κ1) is 25.1. The van der Waals surface area contributed by atoms with Gasteiger partial charge in [-0.15, -0.1) is 0 Å². The fourth-order valence-corrected chi connectivity index (χ4v) is 4.88. The van der Waals surface area contributed by atoms with Crippen molar-refractivity contribution in [3.05, 3.63) is 0 Å². The second-order valence-corrected chi connectivity index (χ2v) is 8.92. The molecule has 0 radical (unpaired) electrons. The Morgan fingerprint density at radius 2 is 1.52 bits per heavy atom. The summed E-state index contributed by atoms with van der Waals surface area (Å²) in [6.07, 6.45) is -8.22. The highest BCUT2D eigenvalue weighted by molar-refractivity contribution is 5.00. The van der Waals surface area contributed by atoms with Crippen LogP contribution in [0, 0.1) is 5.92 Å². The van der Waals surface area contributed by atoms with E-state index in [9.17, 15) is 30.6 Å². The van der Waals surface area contributed by atoms with Crippen molar-refractivity contribution in [2.75, 3.05) is 20.3 Å². The van der Waals surface area contributed by atoms with Crippen molar-refractivity contribution in [1.82, 2.24) is 5.32 Å². The quantitative estimate of drug-likeness (QED) is 0.186. The lowest BCUT2D eigenvalue weighted by Crippen LogP contribution is -2.66. The van der Waals surface area contributed by atoms with Crippen molar-refractivity contribution in [3.8, 4) is 0 Å². The fraction of sp³-hybridized carbons (Fsp3) is 1.00. The van der Waals surface area contributed by atoms with E-state index < -0.39 is 79.2 Å². The molecule has 1 heterocycles. The maximum Gasteiger partial charge on any atom is 0.185 e. The van der Waals surface area contributed by atoms with Crippen LogP contribution in [0.4, 0.5) is 0 Å². The molecule has 0 aromatic heterocycles. The molecule has 0 aromatic carbocycles. The number of rotatable bonds is 6. The molecule has 0 bridgehead atoms. The molecular weight excluding hydrogens is 414 g/mol. The average Bonchev–Trinajstić information content (AvgIpc) is 2.72. The Hall–Kier alpha value is -0.480. The third-order valence-corrected chi connectivity index (χ3v) is 6.71. The van der Waals surface area contributed by atoms with Crippen LogP contribution in [-0.4, -0.2) is 124 Å². The number of hydrogen-bond acceptors (Lipinski definition) is 12. The van der Waals surface area contributed by atoms with Crippen LogP contribution in [0.1, 0.15) is 19.3 Å². The van der Waals surface area contributed by atoms with Crippen molar-refractivity contribution in [3.63, 3.8) is 0 Å². The number of hydrogen-bond donors (Lipinski definition) is 9. The van der Waals surface area contributed by atoms with Gasteiger partial charge in [0.15, 0.2) is 6.29 Å². The highest BCUT2D eigenvalue weighted by Crippen LogP contribution is 2.32. The Morgan fingerprint density at radius 3 is 2.13 bits per heavy atom. The second kappa shape index (κ2) is 10.6. The standard InChI is InChI=1S/C19H37N3O9/c1-22-13-12(25)6-29-19(15(13)27)31-18-10(21)4-9(20)17(16(18)28)30-8-2-7(5-23)14(26)11(24)3-8/h7-19,22-28H,2-6,20-21H2,1H3/t7-,8+,9+,10-,11-,12-,13+,14-,15-,16+,17-,18+,19-/m1/s1. The molecule has 11 N–H and O–H groups in total. The van der Waals surface area contributed by atoms with Gasteiger partial charge in [0, 0.05) is 31.0 Å². The van der Waals surface area contributed by atoms with Crippen molar-refractivity contribution >= 4 is 0 Å². The van der Waals surface area contributed by atoms with Crippen molar-refractivity contribution in [2.45, 2.75) is 92.5 Å². The summed E-state index contributed by atoms with van der Waals surface area (Å²) in [6.45, 7) is -0.362. The molecule has 0 amide bonds. The maximum atomic E-state index is 11.0. The Balaban J connectivity index is 1.66. The van der Waals surface area contributed by atoms with Crippen LogP contribution in [-0.2, 0) is 14.2 Å². The van der Waals surface area contributed by atoms with Gasteiger partial charge in [0.25, 0.3) is 0 Å². The lowest BCUT2D eigenvalue weighted by atomic mass is 9.81. The van der Waals surface area contributed by atoms with E-state index in [1.165, 1.54) is 0 Å². The van der Waals surface area contributed by atoms with Gasteiger partial charge >= 0.3 is 0 Å². The lowest BCUT2D eigenvalue weighted by Gasteiger charge is -2.47. The normalized spacial score (nSPS) is 51.6. The molecule has 1 saturated heterocycles. The van der Waals surface area contributed by atoms with Crippen LogP contribution in [0.25, 0.3) is 0 Å². The van der Waals surface area contributed by atoms with Gasteiger partial charge in [0.1, 0.15) is 24.4 Å². The number of likely N-dealkylation sites (N-methyl/N-ethyl adjacent to an activating group) is 1. The zero-order valence-corrected chi connectivity index (χ0v) is 17.6. The molecule has 13 atom stereocenters. The van der Waals surface area contributed by atoms with Crippen LogP contribution < -0.4 is 16.8 Å². The minimum atomic E-state index is -1.24. The first-order valence-electron chi connectivity index (χ1n) is 10.8. The summed E-state index contributed by atoms with van der Waals surface area (Å²) in [7, 11) is 1.60. The van der Waals surface area contributed by atoms with E-state index in [1.807, 2.05) is 0 Å². The average molecular weight is 452 g/mol. The zero-order chi connectivity index (χ0) is 22.9. The van der Waals surface area contributed by atoms with Crippen LogP contribution in [0.15, 0.2) is 0 Å². The number of nitrogens with one attached hydrogen (secondary N) is 1. The maximum absolute atomic E-state index is 11.0. The topological polar surface area (TPSA) is 213 Å². The minimum Gasteiger partial charge on any atom is -0.396 e. The summed E-state index contributed by atoms with van der Waals surface area (Å²) in [5, 5.41) is 63.7. The highest BCUT2D eigenvalue weighted by Gasteiger charge is 2.48. The van der Waals surface area contributed by atoms with Crippen LogP contribution in [0.2, 0.25) is 0 Å². The van der Waals surface area contributed by atoms with Gasteiger partial charge in [0.05, 0.1) is 37.1 Å². The fourth-order valence-electron chi connectivity index (χ4n) is 4.88. The smallest absolute Gasteiger partial charge is 0.185 e. The molecule has 12 nitrogen and oxygen atoms in total. The molecule has 0 spiro atoms. The van der Waals surface area contributed by atoms with Gasteiger partial charge < -0.3 is 61.6 Å². The molecule has 2 saturated carbocycles. The van der Waals surface area contributed by atoms with Gasteiger partial charge in [-0.2, -0.15) is 0 Å². The van der Waals surface area contributed by atoms with E-state index in [2.05, 4.69) is 5.32 Å². The lowest BCUT2D eigenvalue weighted by molar-refractivity contribution is -0.286. The molecule has 182 valence electrons. The molecule has 1 aliphatic heterocycles. The van der Waals surface area contributed by atoms with Gasteiger partial charge in [-0.1, -0.05) is 0 Å². The largest absolute Gasteiger partial charge is 0.396 e. The first-order chi connectivity index (χ1) is 14.7. The van der Waals surface area contributed by atoms with E-state index in [4.69, 9.17) is 25.7 Å². The number of ether oxygens (including phenoxy) is 3. The van der Waals surface area contributed by atoms with Crippen LogP contribution in [0.3, 0.4) is 0 Å². The van der Waals surface area contributed by atoms with Crippen molar-refractivity contribution in [2.24, 2.45) is 17.4 Å². The van der Waals surface area contributed by atoms with Gasteiger partial charge in [-0.05, 0) is 19.9 Å². The van der Waals surface area contributed by atoms with Crippen LogP contribution >= 0.6 is 0 Å². The SMILES string of the molecule is CN[C@@H]1[C@@H](O)[C@@H](O[C@@H]2[C@@H](O)[C@H](O[C@H]3C[C@H](CO)[C@@H](O)[C@H](O)C3)[C@@H](N)C[C@H]2N)OC[C@H]1O. The predicted octanol–water partition coefficient (Wildman–Crippen LogP) is -4.67. The van der Waals surface area contributed by atoms with E-state index in [0.717, 1.165) is 0 Å². The predicted molar refractivity (Wildman–Crippen MR) is 107 cm³/mol. The number of aliphatic hydroxyl groups is 6. The number of nitrogens with two attached hydrogens (primary N) is 2. The van der Waals surface area contributed by atoms with Crippen molar-refractivity contribution < 1.29 is 44.8 Å². The second-order valence-electron chi connectivity index (χ2n) is 8.92. The summed E-state index contributed by atoms with van der Waals surface area (Å²) in [5.41, 5.74) is 12.4. The van der Waals surface area contributed by atoms with E-state index >= 15 is 0 Å². The van der Waals surface area contributed by atoms with Gasteiger partial charge in [-0.25, -0.2) is 0 Å². The third-order valence-electron chi connectivity index (χ3n) is 6.71. The van der Waals surface area contributed by atoms with E-state index in [0.29, 0.717) is 6.42 Å². The van der Waals surface area contributed by atoms with E-state index in [1.54, 1.807) is 7.05 Å². The Bertz CT molecular complexity index is 576. The zero-order valence-electron chi connectivity index (χ0n) is 17.6. The summed E-state index contributed by atoms with van der Waals surface area (Å²) in [4.78, 5) is 0. The Morgan fingerprint density at radius 1 is 0.871 bits per heavy atom. The van der Waals surface area contributed by atoms with Crippen molar-refractivity contribution in [1.29, 1.82) is 0 Å². The molecule has 0 aromatic rings. The number of aliphatic hydroxyl groups excluding tert-OH is 6. The Labute approximate surface area is 181 Å². The monoisotopic (exact) mass is 451 g/mol. The molecule has 3 fully saturated rings. The highest BCUT2D eigenvalue weighted by atomic mass is 16.7. The van der Waals surface area contributed by atoms with Gasteiger partial charge in [0.2, 0.25) is 0 Å². The molecule has 3 rings (SSSR count). The summed E-state index contributed by atoms with van der Waals surface area (Å²) < 4.78 is 17.3. The van der Waals surface area contributed by atoms with E-state index in [-0.39, 0.29) is 26.1 Å². The summed E-state index contributed by atoms with van der Waals surface area (Å²) in [6, 6.07) is -1.93. The summed E-state index contributed by atoms with van der Waals surface area (Å²) in [5.74, 6) is -0.546. The molecule has 3 aliphatic rings. The molecule has 0 unspecified atom stereocenters. The molecule has 12 heteroatoms. The molecule has 31 heavy (non-hydrogen) atoms. The first-order valence-corrected chi connectivity index (χ1v) is 10.8. The minimum absolute atomic E-state index is 0.0600.